The Morgan fingerprint density at radius 3 is 3.10 bits per heavy atom. The summed E-state index contributed by atoms with van der Waals surface area (Å²) in [6, 6.07) is 6.12. The van der Waals surface area contributed by atoms with Gasteiger partial charge in [-0.1, -0.05) is 34.5 Å². The van der Waals surface area contributed by atoms with Gasteiger partial charge in [-0.3, -0.25) is 4.40 Å². The molecule has 0 saturated carbocycles. The summed E-state index contributed by atoms with van der Waals surface area (Å²) in [5.74, 6) is 0. The van der Waals surface area contributed by atoms with Crippen LogP contribution < -0.4 is 5.32 Å². The van der Waals surface area contributed by atoms with Gasteiger partial charge in [0.25, 0.3) is 0 Å². The van der Waals surface area contributed by atoms with Crippen molar-refractivity contribution in [2.45, 2.75) is 19.4 Å². The first kappa shape index (κ1) is 15.0. The number of nitrogens with one attached hydrogen (secondary N) is 1. The standard InChI is InChI=1S/C15H15BrClN3S/c1-2-18-14(12-7-10(16)3-4-13(12)17)8-11-9-20-5-6-21-15(20)19-11/h3-7,9,14,18H,2,8H2,1H3. The summed E-state index contributed by atoms with van der Waals surface area (Å²) in [7, 11) is 0. The third kappa shape index (κ3) is 3.31. The Hall–Kier alpha value is -0.880. The third-order valence-corrected chi connectivity index (χ3v) is 4.95. The molecule has 3 nitrogen and oxygen atoms in total. The minimum atomic E-state index is 0.157. The van der Waals surface area contributed by atoms with Gasteiger partial charge < -0.3 is 5.32 Å². The van der Waals surface area contributed by atoms with E-state index in [2.05, 4.69) is 49.8 Å². The van der Waals surface area contributed by atoms with Crippen molar-refractivity contribution in [1.29, 1.82) is 0 Å². The molecule has 0 amide bonds. The van der Waals surface area contributed by atoms with Crippen molar-refractivity contribution in [3.05, 3.63) is 56.7 Å². The molecule has 1 N–H and O–H groups in total. The summed E-state index contributed by atoms with van der Waals surface area (Å²) in [5, 5.41) is 6.32. The lowest BCUT2D eigenvalue weighted by molar-refractivity contribution is 0.545. The van der Waals surface area contributed by atoms with E-state index in [-0.39, 0.29) is 6.04 Å². The highest BCUT2D eigenvalue weighted by Gasteiger charge is 2.17. The van der Waals surface area contributed by atoms with E-state index in [4.69, 9.17) is 11.6 Å². The number of hydrogen-bond donors (Lipinski definition) is 1. The van der Waals surface area contributed by atoms with E-state index < -0.39 is 0 Å². The second-order valence-corrected chi connectivity index (χ2v) is 7.00. The topological polar surface area (TPSA) is 29.3 Å². The maximum Gasteiger partial charge on any atom is 0.193 e. The second kappa shape index (κ2) is 6.48. The molecular weight excluding hydrogens is 370 g/mol. The predicted octanol–water partition coefficient (Wildman–Crippen LogP) is 4.71. The van der Waals surface area contributed by atoms with Crippen molar-refractivity contribution in [3.63, 3.8) is 0 Å². The van der Waals surface area contributed by atoms with E-state index in [0.29, 0.717) is 0 Å². The van der Waals surface area contributed by atoms with Gasteiger partial charge in [0.15, 0.2) is 4.96 Å². The second-order valence-electron chi connectivity index (χ2n) is 4.81. The minimum absolute atomic E-state index is 0.157. The number of nitrogens with zero attached hydrogens (tertiary/aromatic N) is 2. The Bertz CT molecular complexity index is 724. The van der Waals surface area contributed by atoms with Crippen LogP contribution in [-0.4, -0.2) is 15.9 Å². The molecule has 21 heavy (non-hydrogen) atoms. The van der Waals surface area contributed by atoms with E-state index in [1.54, 1.807) is 11.3 Å². The minimum Gasteiger partial charge on any atom is -0.310 e. The fourth-order valence-corrected chi connectivity index (χ4v) is 3.75. The Kier molecular flexibility index (Phi) is 4.64. The Morgan fingerprint density at radius 2 is 2.33 bits per heavy atom. The summed E-state index contributed by atoms with van der Waals surface area (Å²) in [5.41, 5.74) is 2.17. The molecule has 1 atom stereocenters. The van der Waals surface area contributed by atoms with Gasteiger partial charge in [-0.05, 0) is 30.3 Å². The van der Waals surface area contributed by atoms with Crippen molar-refractivity contribution >= 4 is 43.8 Å². The molecule has 0 fully saturated rings. The van der Waals surface area contributed by atoms with Crippen LogP contribution in [0.3, 0.4) is 0 Å². The molecule has 0 aliphatic heterocycles. The Balaban J connectivity index is 1.90. The SMILES string of the molecule is CCNC(Cc1cn2ccsc2n1)c1cc(Br)ccc1Cl. The number of halogens is 2. The largest absolute Gasteiger partial charge is 0.310 e. The Labute approximate surface area is 141 Å². The zero-order chi connectivity index (χ0) is 14.8. The van der Waals surface area contributed by atoms with E-state index in [1.807, 2.05) is 23.7 Å². The van der Waals surface area contributed by atoms with Gasteiger partial charge in [-0.25, -0.2) is 4.98 Å². The van der Waals surface area contributed by atoms with E-state index in [9.17, 15) is 0 Å². The first-order chi connectivity index (χ1) is 10.2. The number of thiazole rings is 1. The monoisotopic (exact) mass is 383 g/mol. The molecule has 110 valence electrons. The summed E-state index contributed by atoms with van der Waals surface area (Å²) in [6.07, 6.45) is 4.94. The quantitative estimate of drug-likeness (QED) is 0.690. The predicted molar refractivity (Wildman–Crippen MR) is 92.3 cm³/mol. The van der Waals surface area contributed by atoms with Crippen molar-refractivity contribution in [2.75, 3.05) is 6.54 Å². The zero-order valence-electron chi connectivity index (χ0n) is 11.5. The molecule has 1 aromatic carbocycles. The maximum absolute atomic E-state index is 6.37. The van der Waals surface area contributed by atoms with Gasteiger partial charge in [0.2, 0.25) is 0 Å². The molecule has 3 rings (SSSR count). The molecule has 0 aliphatic carbocycles. The maximum atomic E-state index is 6.37. The van der Waals surface area contributed by atoms with Gasteiger partial charge >= 0.3 is 0 Å². The van der Waals surface area contributed by atoms with Crippen LogP contribution in [0.15, 0.2) is 40.4 Å². The van der Waals surface area contributed by atoms with Crippen LogP contribution in [0.5, 0.6) is 0 Å². The molecule has 6 heteroatoms. The highest BCUT2D eigenvalue weighted by molar-refractivity contribution is 9.10. The highest BCUT2D eigenvalue weighted by Crippen LogP contribution is 2.29. The number of rotatable bonds is 5. The number of imidazole rings is 1. The van der Waals surface area contributed by atoms with Crippen LogP contribution in [0.2, 0.25) is 5.02 Å². The van der Waals surface area contributed by atoms with Gasteiger partial charge in [-0.15, -0.1) is 11.3 Å². The molecule has 0 spiro atoms. The summed E-state index contributed by atoms with van der Waals surface area (Å²) in [4.78, 5) is 5.69. The molecule has 0 bridgehead atoms. The Morgan fingerprint density at radius 1 is 1.48 bits per heavy atom. The van der Waals surface area contributed by atoms with Crippen LogP contribution >= 0.6 is 38.9 Å². The summed E-state index contributed by atoms with van der Waals surface area (Å²) >= 11 is 11.5. The van der Waals surface area contributed by atoms with Crippen LogP contribution in [0.4, 0.5) is 0 Å². The zero-order valence-corrected chi connectivity index (χ0v) is 14.7. The van der Waals surface area contributed by atoms with Gasteiger partial charge in [-0.2, -0.15) is 0 Å². The molecule has 2 heterocycles. The van der Waals surface area contributed by atoms with Gasteiger partial charge in [0, 0.05) is 39.7 Å². The van der Waals surface area contributed by atoms with Gasteiger partial charge in [0.1, 0.15) is 0 Å². The smallest absolute Gasteiger partial charge is 0.193 e. The van der Waals surface area contributed by atoms with Crippen LogP contribution in [0, 0.1) is 0 Å². The van der Waals surface area contributed by atoms with Crippen LogP contribution in [-0.2, 0) is 6.42 Å². The van der Waals surface area contributed by atoms with Crippen molar-refractivity contribution in [2.24, 2.45) is 0 Å². The lowest BCUT2D eigenvalue weighted by Crippen LogP contribution is -2.23. The van der Waals surface area contributed by atoms with E-state index in [0.717, 1.165) is 38.7 Å². The molecule has 3 aromatic rings. The van der Waals surface area contributed by atoms with Crippen molar-refractivity contribution in [3.8, 4) is 0 Å². The van der Waals surface area contributed by atoms with Crippen LogP contribution in [0.25, 0.3) is 4.96 Å². The highest BCUT2D eigenvalue weighted by atomic mass is 79.9. The molecule has 1 unspecified atom stereocenters. The van der Waals surface area contributed by atoms with E-state index >= 15 is 0 Å². The summed E-state index contributed by atoms with van der Waals surface area (Å²) < 4.78 is 3.10. The number of likely N-dealkylation sites (N-methyl/N-ethyl adjacent to an activating group) is 1. The lowest BCUT2D eigenvalue weighted by Gasteiger charge is -2.19. The average molecular weight is 385 g/mol. The normalized spacial score (nSPS) is 12.9. The first-order valence-electron chi connectivity index (χ1n) is 6.76. The number of aromatic nitrogens is 2. The van der Waals surface area contributed by atoms with Crippen molar-refractivity contribution in [1.82, 2.24) is 14.7 Å². The fourth-order valence-electron chi connectivity index (χ4n) is 2.40. The third-order valence-electron chi connectivity index (χ3n) is 3.34. The first-order valence-corrected chi connectivity index (χ1v) is 8.82. The van der Waals surface area contributed by atoms with E-state index in [1.165, 1.54) is 0 Å². The molecule has 0 saturated heterocycles. The number of hydrogen-bond acceptors (Lipinski definition) is 3. The molecule has 0 aliphatic rings. The van der Waals surface area contributed by atoms with Gasteiger partial charge in [0.05, 0.1) is 5.69 Å². The lowest BCUT2D eigenvalue weighted by atomic mass is 10.0. The molecule has 2 aromatic heterocycles. The molecular formula is C15H15BrClN3S. The number of fused-ring (bicyclic) bond motifs is 1. The number of benzene rings is 1. The van der Waals surface area contributed by atoms with Crippen molar-refractivity contribution < 1.29 is 0 Å². The van der Waals surface area contributed by atoms with Crippen LogP contribution in [0.1, 0.15) is 24.2 Å². The average Bonchev–Trinajstić information content (AvgIpc) is 3.02. The molecule has 0 radical (unpaired) electrons. The summed E-state index contributed by atoms with van der Waals surface area (Å²) in [6.45, 7) is 2.99. The fraction of sp³-hybridized carbons (Fsp3) is 0.267.